The van der Waals surface area contributed by atoms with Gasteiger partial charge in [0.15, 0.2) is 11.6 Å². The summed E-state index contributed by atoms with van der Waals surface area (Å²) in [6, 6.07) is 19.3. The van der Waals surface area contributed by atoms with Crippen LogP contribution in [0.25, 0.3) is 66.9 Å². The van der Waals surface area contributed by atoms with Crippen molar-refractivity contribution in [1.82, 2.24) is 29.9 Å². The first-order chi connectivity index (χ1) is 20.7. The minimum atomic E-state index is 0.680. The molecule has 0 saturated carbocycles. The molecule has 7 rings (SSSR count). The zero-order valence-corrected chi connectivity index (χ0v) is 26.4. The van der Waals surface area contributed by atoms with Crippen molar-refractivity contribution < 1.29 is 0 Å². The molecule has 0 radical (unpaired) electrons. The maximum Gasteiger partial charge on any atom is 0.165 e. The minimum Gasteiger partial charge on any atom is -0.324 e. The first-order valence-corrected chi connectivity index (χ1v) is 17.6. The fraction of sp³-hybridized carbons (Fsp3) is 0.273. The number of fused-ring (bicyclic) bond motifs is 15. The van der Waals surface area contributed by atoms with Crippen molar-refractivity contribution in [3.63, 3.8) is 0 Å². The van der Waals surface area contributed by atoms with E-state index in [1.54, 1.807) is 0 Å². The number of aromatic nitrogens is 6. The van der Waals surface area contributed by atoms with Crippen molar-refractivity contribution in [2.45, 2.75) is 54.7 Å². The van der Waals surface area contributed by atoms with Gasteiger partial charge in [-0.3, -0.25) is 0 Å². The average molecular weight is 609 g/mol. The predicted octanol–water partition coefficient (Wildman–Crippen LogP) is 9.81. The molecule has 0 aliphatic carbocycles. The highest BCUT2D eigenvalue weighted by Gasteiger charge is 2.24. The van der Waals surface area contributed by atoms with Gasteiger partial charge in [0.25, 0.3) is 0 Å². The van der Waals surface area contributed by atoms with Crippen LogP contribution in [0, 0.1) is 0 Å². The van der Waals surface area contributed by atoms with Gasteiger partial charge in [-0.25, -0.2) is 19.9 Å². The Labute approximate surface area is 257 Å². The number of nitrogens with one attached hydrogen (secondary N) is 2. The Hall–Kier alpha value is -3.27. The lowest BCUT2D eigenvalue weighted by molar-refractivity contribution is 1.10. The number of rotatable bonds is 9. The van der Waals surface area contributed by atoms with Crippen molar-refractivity contribution >= 4 is 79.4 Å². The molecule has 2 N–H and O–H groups in total. The fourth-order valence-electron chi connectivity index (χ4n) is 5.42. The van der Waals surface area contributed by atoms with E-state index in [1.807, 2.05) is 35.3 Å². The second-order valence-electron chi connectivity index (χ2n) is 10.3. The van der Waals surface area contributed by atoms with E-state index in [1.165, 1.54) is 14.7 Å². The van der Waals surface area contributed by atoms with E-state index in [0.717, 1.165) is 91.8 Å². The summed E-state index contributed by atoms with van der Waals surface area (Å²) in [5.41, 5.74) is 5.25. The zero-order chi connectivity index (χ0) is 28.6. The number of H-pyrrole nitrogens is 2. The monoisotopic (exact) mass is 608 g/mol. The highest BCUT2D eigenvalue weighted by Crippen LogP contribution is 2.42. The maximum atomic E-state index is 5.30. The summed E-state index contributed by atoms with van der Waals surface area (Å²) in [5.74, 6) is 4.49. The summed E-state index contributed by atoms with van der Waals surface area (Å²) >= 11 is 5.59. The molecule has 6 aromatic rings. The van der Waals surface area contributed by atoms with Crippen LogP contribution in [0.15, 0.2) is 69.3 Å². The summed E-state index contributed by atoms with van der Waals surface area (Å²) < 4.78 is 0. The van der Waals surface area contributed by atoms with Gasteiger partial charge in [0.1, 0.15) is 22.6 Å². The Kier molecular flexibility index (Phi) is 7.73. The van der Waals surface area contributed by atoms with Crippen LogP contribution >= 0.6 is 35.3 Å². The molecule has 42 heavy (non-hydrogen) atoms. The van der Waals surface area contributed by atoms with E-state index in [4.69, 9.17) is 19.9 Å². The number of thioether (sulfide) groups is 3. The van der Waals surface area contributed by atoms with Crippen LogP contribution in [0.3, 0.4) is 0 Å². The van der Waals surface area contributed by atoms with Gasteiger partial charge in [0.05, 0.1) is 0 Å². The SMILES string of the molecule is CCCSc1cccc2c1-c1nc-2nc2[nH]c(nc3[nH]c(n1)c1cccc(SCCC)c31)c1c(SCCC)cccc21. The highest BCUT2D eigenvalue weighted by atomic mass is 32.2. The third-order valence-electron chi connectivity index (χ3n) is 7.26. The molecular formula is C33H32N6S3. The molecule has 1 aliphatic rings. The third-order valence-corrected chi connectivity index (χ3v) is 11.0. The molecule has 3 aromatic heterocycles. The van der Waals surface area contributed by atoms with E-state index < -0.39 is 0 Å². The molecule has 0 saturated heterocycles. The topological polar surface area (TPSA) is 83.1 Å². The van der Waals surface area contributed by atoms with Gasteiger partial charge in [-0.2, -0.15) is 0 Å². The van der Waals surface area contributed by atoms with Gasteiger partial charge in [-0.15, -0.1) is 35.3 Å². The lowest BCUT2D eigenvalue weighted by atomic mass is 10.1. The summed E-state index contributed by atoms with van der Waals surface area (Å²) in [6.07, 6.45) is 3.30. The Morgan fingerprint density at radius 1 is 0.524 bits per heavy atom. The fourth-order valence-corrected chi connectivity index (χ4v) is 8.27. The van der Waals surface area contributed by atoms with E-state index in [-0.39, 0.29) is 0 Å². The van der Waals surface area contributed by atoms with Crippen molar-refractivity contribution in [2.75, 3.05) is 17.3 Å². The normalized spacial score (nSPS) is 12.1. The second-order valence-corrected chi connectivity index (χ2v) is 13.7. The summed E-state index contributed by atoms with van der Waals surface area (Å²) in [7, 11) is 0. The zero-order valence-electron chi connectivity index (χ0n) is 24.0. The van der Waals surface area contributed by atoms with E-state index >= 15 is 0 Å². The van der Waals surface area contributed by atoms with Crippen molar-refractivity contribution in [3.8, 4) is 22.8 Å². The van der Waals surface area contributed by atoms with Gasteiger partial charge >= 0.3 is 0 Å². The molecule has 0 fully saturated rings. The van der Waals surface area contributed by atoms with Crippen molar-refractivity contribution in [2.24, 2.45) is 0 Å². The molecule has 0 atom stereocenters. The first kappa shape index (κ1) is 27.6. The Bertz CT molecular complexity index is 2030. The lowest BCUT2D eigenvalue weighted by Gasteiger charge is -2.06. The van der Waals surface area contributed by atoms with Crippen LogP contribution in [0.2, 0.25) is 0 Å². The number of hydrogen-bond acceptors (Lipinski definition) is 7. The molecule has 9 heteroatoms. The molecule has 0 spiro atoms. The van der Waals surface area contributed by atoms with Gasteiger partial charge in [-0.05, 0) is 54.7 Å². The average Bonchev–Trinajstić information content (AvgIpc) is 3.67. The third kappa shape index (κ3) is 4.81. The van der Waals surface area contributed by atoms with Crippen LogP contribution in [0.4, 0.5) is 0 Å². The Morgan fingerprint density at radius 3 is 1.60 bits per heavy atom. The van der Waals surface area contributed by atoms with E-state index in [2.05, 4.69) is 85.3 Å². The van der Waals surface area contributed by atoms with Crippen LogP contribution in [0.5, 0.6) is 0 Å². The van der Waals surface area contributed by atoms with Gasteiger partial charge in [-0.1, -0.05) is 57.2 Å². The number of hydrogen-bond donors (Lipinski definition) is 2. The molecule has 0 amide bonds. The van der Waals surface area contributed by atoms with Crippen molar-refractivity contribution in [1.29, 1.82) is 0 Å². The van der Waals surface area contributed by atoms with Crippen LogP contribution in [-0.2, 0) is 0 Å². The van der Waals surface area contributed by atoms with Crippen LogP contribution in [-0.4, -0.2) is 47.2 Å². The summed E-state index contributed by atoms with van der Waals surface area (Å²) in [4.78, 5) is 31.6. The standard InChI is InChI=1S/C33H32N6S3/c1-4-16-40-22-13-7-10-19-25(22)31-35-28(19)34-29-20-11-8-14-23(41-17-5-2)26(20)32(36-29)39-33-27-21(30(37-31)38-33)12-9-15-24(27)42-18-6-3/h7-15H,4-6,16-18H2,1-3H3,(H2,34,35,36,37,38,39). The van der Waals surface area contributed by atoms with Gasteiger partial charge < -0.3 is 9.97 Å². The quantitative estimate of drug-likeness (QED) is 0.158. The smallest absolute Gasteiger partial charge is 0.165 e. The first-order valence-electron chi connectivity index (χ1n) is 14.6. The number of benzene rings is 3. The second kappa shape index (κ2) is 11.8. The summed E-state index contributed by atoms with van der Waals surface area (Å²) in [6.45, 7) is 6.65. The Morgan fingerprint density at radius 2 is 1.02 bits per heavy atom. The van der Waals surface area contributed by atoms with Crippen LogP contribution in [0.1, 0.15) is 40.0 Å². The van der Waals surface area contributed by atoms with Gasteiger partial charge in [0.2, 0.25) is 0 Å². The highest BCUT2D eigenvalue weighted by molar-refractivity contribution is 8.00. The van der Waals surface area contributed by atoms with E-state index in [9.17, 15) is 0 Å². The predicted molar refractivity (Wildman–Crippen MR) is 181 cm³/mol. The number of aromatic amines is 2. The molecule has 212 valence electrons. The largest absolute Gasteiger partial charge is 0.324 e. The number of nitrogens with zero attached hydrogens (tertiary/aromatic N) is 4. The molecule has 0 unspecified atom stereocenters. The molecule has 6 bridgehead atoms. The molecule has 4 heterocycles. The van der Waals surface area contributed by atoms with Crippen molar-refractivity contribution in [3.05, 3.63) is 54.6 Å². The van der Waals surface area contributed by atoms with Gasteiger partial charge in [0, 0.05) is 47.4 Å². The van der Waals surface area contributed by atoms with E-state index in [0.29, 0.717) is 11.6 Å². The maximum absolute atomic E-state index is 5.30. The molecule has 1 aliphatic heterocycles. The molecule has 3 aromatic carbocycles. The lowest BCUT2D eigenvalue weighted by Crippen LogP contribution is -1.87. The van der Waals surface area contributed by atoms with Crippen LogP contribution < -0.4 is 0 Å². The molecular weight excluding hydrogens is 577 g/mol. The Balaban J connectivity index is 1.65. The molecule has 6 nitrogen and oxygen atoms in total. The minimum absolute atomic E-state index is 0.680. The summed E-state index contributed by atoms with van der Waals surface area (Å²) in [5, 5.41) is 4.31.